The molecule has 16 heavy (non-hydrogen) atoms. The van der Waals surface area contributed by atoms with E-state index < -0.39 is 0 Å². The predicted octanol–water partition coefficient (Wildman–Crippen LogP) is 3.71. The van der Waals surface area contributed by atoms with Crippen LogP contribution in [-0.4, -0.2) is 31.3 Å². The summed E-state index contributed by atoms with van der Waals surface area (Å²) in [6.45, 7) is 0.735. The number of hydrogen-bond donors (Lipinski definition) is 0. The fourth-order valence-corrected chi connectivity index (χ4v) is 1.44. The van der Waals surface area contributed by atoms with Gasteiger partial charge < -0.3 is 4.90 Å². The van der Waals surface area contributed by atoms with Crippen LogP contribution in [0.2, 0.25) is 10.0 Å². The Morgan fingerprint density at radius 1 is 1.25 bits per heavy atom. The Morgan fingerprint density at radius 2 is 1.88 bits per heavy atom. The van der Waals surface area contributed by atoms with Crippen molar-refractivity contribution in [3.05, 3.63) is 33.8 Å². The van der Waals surface area contributed by atoms with Crippen molar-refractivity contribution in [3.8, 4) is 0 Å². The van der Waals surface area contributed by atoms with Crippen molar-refractivity contribution in [1.29, 1.82) is 0 Å². The SMILES string of the molecule is Br.CN(C)CCC(=O)c1ccc(Cl)c(Cl)c1. The molecule has 0 saturated carbocycles. The number of ketones is 1. The van der Waals surface area contributed by atoms with E-state index in [2.05, 4.69) is 0 Å². The smallest absolute Gasteiger partial charge is 0.164 e. The third kappa shape index (κ3) is 4.83. The van der Waals surface area contributed by atoms with Crippen LogP contribution in [0, 0.1) is 0 Å². The Morgan fingerprint density at radius 3 is 2.38 bits per heavy atom. The maximum Gasteiger partial charge on any atom is 0.164 e. The fourth-order valence-electron chi connectivity index (χ4n) is 1.14. The van der Waals surface area contributed by atoms with Gasteiger partial charge in [-0.15, -0.1) is 17.0 Å². The van der Waals surface area contributed by atoms with Gasteiger partial charge in [-0.05, 0) is 32.3 Å². The average molecular weight is 327 g/mol. The fraction of sp³-hybridized carbons (Fsp3) is 0.364. The van der Waals surface area contributed by atoms with E-state index >= 15 is 0 Å². The Hall–Kier alpha value is -0.0900. The largest absolute Gasteiger partial charge is 0.309 e. The van der Waals surface area contributed by atoms with Gasteiger partial charge >= 0.3 is 0 Å². The first-order valence-corrected chi connectivity index (χ1v) is 5.39. The molecule has 0 amide bonds. The molecule has 0 saturated heterocycles. The number of Topliss-reactive ketones (excluding diaryl/α,β-unsaturated/α-hetero) is 1. The summed E-state index contributed by atoms with van der Waals surface area (Å²) in [5.74, 6) is 0.0854. The lowest BCUT2D eigenvalue weighted by atomic mass is 10.1. The van der Waals surface area contributed by atoms with Gasteiger partial charge in [-0.3, -0.25) is 4.79 Å². The molecule has 0 aliphatic heterocycles. The molecule has 0 aromatic heterocycles. The second-order valence-electron chi connectivity index (χ2n) is 3.61. The molecule has 0 aliphatic carbocycles. The van der Waals surface area contributed by atoms with Gasteiger partial charge in [0.1, 0.15) is 0 Å². The summed E-state index contributed by atoms with van der Waals surface area (Å²) in [6, 6.07) is 4.96. The molecule has 0 radical (unpaired) electrons. The van der Waals surface area contributed by atoms with Crippen LogP contribution in [0.4, 0.5) is 0 Å². The zero-order valence-electron chi connectivity index (χ0n) is 9.17. The summed E-state index contributed by atoms with van der Waals surface area (Å²) >= 11 is 11.6. The molecule has 1 aromatic rings. The first-order valence-electron chi connectivity index (χ1n) is 4.63. The van der Waals surface area contributed by atoms with Crippen LogP contribution in [0.5, 0.6) is 0 Å². The van der Waals surface area contributed by atoms with Crippen molar-refractivity contribution in [1.82, 2.24) is 4.90 Å². The monoisotopic (exact) mass is 325 g/mol. The lowest BCUT2D eigenvalue weighted by molar-refractivity contribution is 0.0972. The van der Waals surface area contributed by atoms with Crippen molar-refractivity contribution >= 4 is 46.0 Å². The van der Waals surface area contributed by atoms with E-state index in [1.54, 1.807) is 18.2 Å². The van der Waals surface area contributed by atoms with Crippen LogP contribution in [-0.2, 0) is 0 Å². The molecule has 90 valence electrons. The Kier molecular flexibility index (Phi) is 7.24. The first kappa shape index (κ1) is 15.9. The van der Waals surface area contributed by atoms with Crippen molar-refractivity contribution in [3.63, 3.8) is 0 Å². The highest BCUT2D eigenvalue weighted by Crippen LogP contribution is 2.23. The summed E-state index contributed by atoms with van der Waals surface area (Å²) in [4.78, 5) is 13.7. The summed E-state index contributed by atoms with van der Waals surface area (Å²) in [6.07, 6.45) is 0.491. The summed E-state index contributed by atoms with van der Waals surface area (Å²) in [5.41, 5.74) is 0.617. The Balaban J connectivity index is 0.00000225. The Labute approximate surface area is 116 Å². The number of halogens is 3. The molecule has 0 heterocycles. The Bertz CT molecular complexity index is 369. The third-order valence-electron chi connectivity index (χ3n) is 2.03. The molecular weight excluding hydrogens is 313 g/mol. The topological polar surface area (TPSA) is 20.3 Å². The highest BCUT2D eigenvalue weighted by molar-refractivity contribution is 8.93. The molecule has 0 unspecified atom stereocenters. The van der Waals surface area contributed by atoms with Gasteiger partial charge in [0.25, 0.3) is 0 Å². The van der Waals surface area contributed by atoms with Gasteiger partial charge in [0, 0.05) is 18.5 Å². The maximum absolute atomic E-state index is 11.7. The second-order valence-corrected chi connectivity index (χ2v) is 4.42. The lowest BCUT2D eigenvalue weighted by Crippen LogP contribution is -2.16. The van der Waals surface area contributed by atoms with Gasteiger partial charge in [-0.2, -0.15) is 0 Å². The van der Waals surface area contributed by atoms with Crippen LogP contribution in [0.3, 0.4) is 0 Å². The van der Waals surface area contributed by atoms with Crippen LogP contribution in [0.1, 0.15) is 16.8 Å². The highest BCUT2D eigenvalue weighted by atomic mass is 79.9. The molecule has 0 atom stereocenters. The van der Waals surface area contributed by atoms with Crippen LogP contribution in [0.25, 0.3) is 0 Å². The quantitative estimate of drug-likeness (QED) is 0.786. The van der Waals surface area contributed by atoms with Crippen molar-refractivity contribution in [2.75, 3.05) is 20.6 Å². The minimum Gasteiger partial charge on any atom is -0.309 e. The van der Waals surface area contributed by atoms with Crippen molar-refractivity contribution in [2.45, 2.75) is 6.42 Å². The van der Waals surface area contributed by atoms with Gasteiger partial charge in [-0.25, -0.2) is 0 Å². The van der Waals surface area contributed by atoms with Crippen molar-refractivity contribution < 1.29 is 4.79 Å². The summed E-state index contributed by atoms with van der Waals surface area (Å²) in [7, 11) is 3.87. The lowest BCUT2D eigenvalue weighted by Gasteiger charge is -2.08. The molecule has 0 fully saturated rings. The van der Waals surface area contributed by atoms with E-state index in [1.165, 1.54) is 0 Å². The molecule has 0 bridgehead atoms. The van der Waals surface area contributed by atoms with E-state index in [0.29, 0.717) is 22.0 Å². The molecule has 1 rings (SSSR count). The van der Waals surface area contributed by atoms with Gasteiger partial charge in [0.15, 0.2) is 5.78 Å². The molecule has 5 heteroatoms. The highest BCUT2D eigenvalue weighted by Gasteiger charge is 2.08. The maximum atomic E-state index is 11.7. The van der Waals surface area contributed by atoms with Crippen LogP contribution in [0.15, 0.2) is 18.2 Å². The van der Waals surface area contributed by atoms with Crippen molar-refractivity contribution in [2.24, 2.45) is 0 Å². The zero-order chi connectivity index (χ0) is 11.4. The number of hydrogen-bond acceptors (Lipinski definition) is 2. The standard InChI is InChI=1S/C11H13Cl2NO.BrH/c1-14(2)6-5-11(15)8-3-4-9(12)10(13)7-8;/h3-4,7H,5-6H2,1-2H3;1H. The molecule has 0 spiro atoms. The third-order valence-corrected chi connectivity index (χ3v) is 2.77. The summed E-state index contributed by atoms with van der Waals surface area (Å²) < 4.78 is 0. The van der Waals surface area contributed by atoms with Gasteiger partial charge in [0.05, 0.1) is 10.0 Å². The van der Waals surface area contributed by atoms with Gasteiger partial charge in [-0.1, -0.05) is 23.2 Å². The van der Waals surface area contributed by atoms with E-state index in [-0.39, 0.29) is 22.8 Å². The molecule has 0 aliphatic rings. The number of rotatable bonds is 4. The number of carbonyl (C=O) groups excluding carboxylic acids is 1. The zero-order valence-corrected chi connectivity index (χ0v) is 12.4. The molecular formula is C11H14BrCl2NO. The number of nitrogens with zero attached hydrogens (tertiary/aromatic N) is 1. The average Bonchev–Trinajstić information content (AvgIpc) is 2.18. The minimum absolute atomic E-state index is 0. The van der Waals surface area contributed by atoms with E-state index in [1.807, 2.05) is 19.0 Å². The molecule has 0 N–H and O–H groups in total. The molecule has 1 aromatic carbocycles. The second kappa shape index (κ2) is 7.28. The van der Waals surface area contributed by atoms with Crippen LogP contribution < -0.4 is 0 Å². The van der Waals surface area contributed by atoms with E-state index in [9.17, 15) is 4.79 Å². The number of benzene rings is 1. The first-order chi connectivity index (χ1) is 7.00. The van der Waals surface area contributed by atoms with Crippen LogP contribution >= 0.6 is 40.2 Å². The van der Waals surface area contributed by atoms with E-state index in [4.69, 9.17) is 23.2 Å². The molecule has 2 nitrogen and oxygen atoms in total. The number of carbonyl (C=O) groups is 1. The van der Waals surface area contributed by atoms with E-state index in [0.717, 1.165) is 6.54 Å². The summed E-state index contributed by atoms with van der Waals surface area (Å²) in [5, 5.41) is 0.896. The minimum atomic E-state index is 0. The normalized spacial score (nSPS) is 10.1. The van der Waals surface area contributed by atoms with Gasteiger partial charge in [0.2, 0.25) is 0 Å². The predicted molar refractivity (Wildman–Crippen MR) is 74.3 cm³/mol.